The molecule has 0 aliphatic carbocycles. The molecule has 0 bridgehead atoms. The summed E-state index contributed by atoms with van der Waals surface area (Å²) in [5.41, 5.74) is 4.53. The molecule has 124 valence electrons. The summed E-state index contributed by atoms with van der Waals surface area (Å²) in [6.45, 7) is 0. The molecule has 0 saturated heterocycles. The van der Waals surface area contributed by atoms with Crippen LogP contribution in [0.15, 0.2) is 83.9 Å². The van der Waals surface area contributed by atoms with E-state index >= 15 is 0 Å². The summed E-state index contributed by atoms with van der Waals surface area (Å²) < 4.78 is 0. The fourth-order valence-corrected chi connectivity index (χ4v) is 5.30. The predicted octanol–water partition coefficient (Wildman–Crippen LogP) is 6.56. The minimum atomic E-state index is 1.03. The first kappa shape index (κ1) is 15.7. The maximum Gasteiger partial charge on any atom is 0.0708 e. The Morgan fingerprint density at radius 2 is 1.12 bits per heavy atom. The quantitative estimate of drug-likeness (QED) is 0.399. The van der Waals surface area contributed by atoms with Gasteiger partial charge in [0.15, 0.2) is 0 Å². The van der Waals surface area contributed by atoms with E-state index in [0.29, 0.717) is 0 Å². The van der Waals surface area contributed by atoms with Gasteiger partial charge in [0, 0.05) is 33.0 Å². The largest absolute Gasteiger partial charge is 0.256 e. The average molecular weight is 371 g/mol. The van der Waals surface area contributed by atoms with Gasteiger partial charge in [0.1, 0.15) is 0 Å². The summed E-state index contributed by atoms with van der Waals surface area (Å²) in [5, 5.41) is 6.82. The topological polar surface area (TPSA) is 25.8 Å². The fourth-order valence-electron chi connectivity index (χ4n) is 3.20. The van der Waals surface area contributed by atoms with E-state index in [9.17, 15) is 0 Å². The normalized spacial score (nSPS) is 14.3. The van der Waals surface area contributed by atoms with Crippen LogP contribution in [0.5, 0.6) is 0 Å². The molecule has 0 radical (unpaired) electrons. The zero-order valence-corrected chi connectivity index (χ0v) is 15.4. The number of pyridine rings is 2. The molecule has 2 nitrogen and oxygen atoms in total. The molecule has 0 fully saturated rings. The highest BCUT2D eigenvalue weighted by atomic mass is 32.2. The third-order valence-electron chi connectivity index (χ3n) is 4.39. The van der Waals surface area contributed by atoms with E-state index in [4.69, 9.17) is 0 Å². The molecular weight excluding hydrogens is 356 g/mol. The Bertz CT molecular complexity index is 1090. The third-order valence-corrected chi connectivity index (χ3v) is 6.55. The average Bonchev–Trinajstić information content (AvgIpc) is 2.73. The van der Waals surface area contributed by atoms with Crippen LogP contribution < -0.4 is 0 Å². The monoisotopic (exact) mass is 370 g/mol. The molecule has 0 amide bonds. The van der Waals surface area contributed by atoms with Crippen molar-refractivity contribution in [1.29, 1.82) is 0 Å². The van der Waals surface area contributed by atoms with Crippen molar-refractivity contribution in [3.05, 3.63) is 95.0 Å². The number of fused-ring (bicyclic) bond motifs is 2. The fraction of sp³-hybridized carbons (Fsp3) is 0. The first-order chi connectivity index (χ1) is 12.9. The number of nitrogens with zero attached hydrogens (tertiary/aromatic N) is 2. The molecule has 2 aromatic heterocycles. The molecule has 5 rings (SSSR count). The number of hydrogen-bond acceptors (Lipinski definition) is 4. The van der Waals surface area contributed by atoms with Gasteiger partial charge < -0.3 is 0 Å². The Hall–Kier alpha value is -2.56. The van der Waals surface area contributed by atoms with Crippen LogP contribution in [0.4, 0.5) is 0 Å². The number of aromatic nitrogens is 2. The van der Waals surface area contributed by atoms with Crippen LogP contribution in [-0.4, -0.2) is 9.97 Å². The van der Waals surface area contributed by atoms with Crippen molar-refractivity contribution in [2.75, 3.05) is 0 Å². The van der Waals surface area contributed by atoms with Crippen molar-refractivity contribution in [3.63, 3.8) is 0 Å². The van der Waals surface area contributed by atoms with Crippen LogP contribution in [-0.2, 0) is 0 Å². The number of thioether (sulfide) groups is 2. The van der Waals surface area contributed by atoms with Crippen LogP contribution in [0.1, 0.15) is 11.1 Å². The van der Waals surface area contributed by atoms with E-state index in [-0.39, 0.29) is 0 Å². The van der Waals surface area contributed by atoms with Crippen LogP contribution in [0.3, 0.4) is 0 Å². The molecule has 0 unspecified atom stereocenters. The van der Waals surface area contributed by atoms with Gasteiger partial charge in [-0.3, -0.25) is 9.97 Å². The second-order valence-corrected chi connectivity index (χ2v) is 7.78. The Morgan fingerprint density at radius 1 is 0.577 bits per heavy atom. The summed E-state index contributed by atoms with van der Waals surface area (Å²) in [6.07, 6.45) is 3.69. The lowest BCUT2D eigenvalue weighted by Gasteiger charge is -2.17. The maximum atomic E-state index is 4.49. The first-order valence-corrected chi connectivity index (χ1v) is 10.1. The van der Waals surface area contributed by atoms with Gasteiger partial charge in [-0.2, -0.15) is 0 Å². The van der Waals surface area contributed by atoms with E-state index in [0.717, 1.165) is 11.0 Å². The van der Waals surface area contributed by atoms with Crippen LogP contribution in [0.2, 0.25) is 0 Å². The van der Waals surface area contributed by atoms with Crippen molar-refractivity contribution < 1.29 is 0 Å². The second-order valence-electron chi connectivity index (χ2n) is 5.95. The Morgan fingerprint density at radius 3 is 1.65 bits per heavy atom. The third kappa shape index (κ3) is 2.71. The highest BCUT2D eigenvalue weighted by molar-refractivity contribution is 8.20. The smallest absolute Gasteiger partial charge is 0.0708 e. The molecule has 1 aliphatic heterocycles. The Balaban J connectivity index is 1.58. The molecule has 4 heteroatoms. The van der Waals surface area contributed by atoms with E-state index in [1.807, 2.05) is 36.3 Å². The summed E-state index contributed by atoms with van der Waals surface area (Å²) >= 11 is 3.55. The van der Waals surface area contributed by atoms with Gasteiger partial charge in [-0.1, -0.05) is 48.2 Å². The van der Waals surface area contributed by atoms with Crippen LogP contribution in [0, 0.1) is 0 Å². The summed E-state index contributed by atoms with van der Waals surface area (Å²) in [4.78, 5) is 11.5. The highest BCUT2D eigenvalue weighted by Crippen LogP contribution is 2.47. The summed E-state index contributed by atoms with van der Waals surface area (Å²) in [5.74, 6) is 0. The minimum absolute atomic E-state index is 1.03. The lowest BCUT2D eigenvalue weighted by molar-refractivity contribution is 1.41. The molecule has 0 saturated carbocycles. The van der Waals surface area contributed by atoms with Gasteiger partial charge in [-0.15, -0.1) is 11.8 Å². The lowest BCUT2D eigenvalue weighted by Crippen LogP contribution is -1.90. The van der Waals surface area contributed by atoms with Gasteiger partial charge in [0.2, 0.25) is 0 Å². The van der Waals surface area contributed by atoms with Crippen molar-refractivity contribution in [2.45, 2.75) is 0 Å². The minimum Gasteiger partial charge on any atom is -0.256 e. The Kier molecular flexibility index (Phi) is 4.00. The van der Waals surface area contributed by atoms with E-state index < -0.39 is 0 Å². The molecule has 0 atom stereocenters. The SMILES string of the molecule is C1=C(c2cccc3ncccc23)SC(c2cccc3ncccc23)=CS1. The van der Waals surface area contributed by atoms with Gasteiger partial charge in [-0.05, 0) is 46.2 Å². The maximum absolute atomic E-state index is 4.49. The van der Waals surface area contributed by atoms with Gasteiger partial charge in [0.05, 0.1) is 11.0 Å². The molecular formula is C22H14N2S2. The van der Waals surface area contributed by atoms with Crippen molar-refractivity contribution in [3.8, 4) is 0 Å². The molecule has 4 aromatic rings. The molecule has 26 heavy (non-hydrogen) atoms. The molecule has 2 aromatic carbocycles. The number of rotatable bonds is 2. The zero-order valence-electron chi connectivity index (χ0n) is 13.8. The zero-order chi connectivity index (χ0) is 17.3. The molecule has 0 spiro atoms. The summed E-state index contributed by atoms with van der Waals surface area (Å²) in [7, 11) is 0. The Labute approximate surface area is 160 Å². The number of hydrogen-bond donors (Lipinski definition) is 0. The standard InChI is InChI=1S/C22H14N2S2/c1-5-17(15-7-3-11-23-19(15)9-1)21-13-25-14-22(26-21)18-6-2-10-20-16(18)8-4-12-24-20/h1-14H. The van der Waals surface area contributed by atoms with Crippen LogP contribution >= 0.6 is 23.5 Å². The predicted molar refractivity (Wildman–Crippen MR) is 115 cm³/mol. The lowest BCUT2D eigenvalue weighted by atomic mass is 10.1. The van der Waals surface area contributed by atoms with E-state index in [1.165, 1.54) is 31.7 Å². The van der Waals surface area contributed by atoms with Crippen molar-refractivity contribution >= 4 is 55.1 Å². The van der Waals surface area contributed by atoms with E-state index in [1.54, 1.807) is 11.8 Å². The van der Waals surface area contributed by atoms with Crippen molar-refractivity contribution in [1.82, 2.24) is 9.97 Å². The molecule has 1 aliphatic rings. The first-order valence-electron chi connectivity index (χ1n) is 8.32. The summed E-state index contributed by atoms with van der Waals surface area (Å²) in [6, 6.07) is 20.9. The second kappa shape index (κ2) is 6.63. The number of benzene rings is 2. The van der Waals surface area contributed by atoms with Crippen LogP contribution in [0.25, 0.3) is 31.6 Å². The van der Waals surface area contributed by atoms with Gasteiger partial charge in [0.25, 0.3) is 0 Å². The molecule has 3 heterocycles. The highest BCUT2D eigenvalue weighted by Gasteiger charge is 2.16. The van der Waals surface area contributed by atoms with Gasteiger partial charge >= 0.3 is 0 Å². The van der Waals surface area contributed by atoms with Gasteiger partial charge in [-0.25, -0.2) is 0 Å². The van der Waals surface area contributed by atoms with E-state index in [2.05, 4.69) is 69.3 Å². The van der Waals surface area contributed by atoms with Crippen molar-refractivity contribution in [2.24, 2.45) is 0 Å². The molecule has 0 N–H and O–H groups in total.